The minimum atomic E-state index is -0.0790. The first-order valence-electron chi connectivity index (χ1n) is 6.62. The summed E-state index contributed by atoms with van der Waals surface area (Å²) < 4.78 is 5.94. The van der Waals surface area contributed by atoms with Gasteiger partial charge in [0.1, 0.15) is 11.5 Å². The maximum atomic E-state index is 9.37. The van der Waals surface area contributed by atoms with Gasteiger partial charge in [-0.05, 0) is 18.2 Å². The monoisotopic (exact) mass is 275 g/mol. The van der Waals surface area contributed by atoms with Crippen LogP contribution in [0.25, 0.3) is 10.8 Å². The Balaban J connectivity index is 2.12. The van der Waals surface area contributed by atoms with Gasteiger partial charge in [0.2, 0.25) is 0 Å². The van der Waals surface area contributed by atoms with Crippen LogP contribution in [-0.2, 0) is 6.61 Å². The molecule has 0 fully saturated rings. The summed E-state index contributed by atoms with van der Waals surface area (Å²) in [5, 5.41) is 20.3. The van der Waals surface area contributed by atoms with Crippen molar-refractivity contribution in [2.75, 3.05) is 0 Å². The molecular weight excluding hydrogens is 262 g/mol. The third-order valence-electron chi connectivity index (χ3n) is 3.37. The van der Waals surface area contributed by atoms with Crippen molar-refractivity contribution in [3.63, 3.8) is 0 Å². The highest BCUT2D eigenvalue weighted by molar-refractivity contribution is 5.92. The van der Waals surface area contributed by atoms with Crippen molar-refractivity contribution in [2.24, 2.45) is 0 Å². The highest BCUT2D eigenvalue weighted by Crippen LogP contribution is 2.33. The van der Waals surface area contributed by atoms with Gasteiger partial charge in [0.25, 0.3) is 0 Å². The molecule has 0 saturated carbocycles. The van der Waals surface area contributed by atoms with Crippen LogP contribution in [0.4, 0.5) is 0 Å². The summed E-state index contributed by atoms with van der Waals surface area (Å²) >= 11 is 0. The van der Waals surface area contributed by atoms with Crippen LogP contribution in [0.1, 0.15) is 11.1 Å². The van der Waals surface area contributed by atoms with Crippen LogP contribution in [0.5, 0.6) is 11.5 Å². The maximum Gasteiger partial charge on any atom is 0.135 e. The number of nitrogens with zero attached hydrogens (tertiary/aromatic N) is 1. The van der Waals surface area contributed by atoms with Crippen molar-refractivity contribution < 1.29 is 9.84 Å². The predicted octanol–water partition coefficient (Wildman–Crippen LogP) is 4.00. The van der Waals surface area contributed by atoms with Crippen LogP contribution >= 0.6 is 0 Å². The normalized spacial score (nSPS) is 10.3. The molecule has 0 spiro atoms. The molecule has 0 heterocycles. The van der Waals surface area contributed by atoms with Gasteiger partial charge in [-0.3, -0.25) is 0 Å². The van der Waals surface area contributed by atoms with Crippen molar-refractivity contribution in [2.45, 2.75) is 6.61 Å². The number of hydrogen-bond acceptors (Lipinski definition) is 3. The van der Waals surface area contributed by atoms with E-state index in [1.807, 2.05) is 48.5 Å². The first-order valence-corrected chi connectivity index (χ1v) is 6.62. The Hall–Kier alpha value is -2.83. The van der Waals surface area contributed by atoms with Gasteiger partial charge < -0.3 is 9.84 Å². The minimum Gasteiger partial charge on any atom is -0.456 e. The second-order valence-corrected chi connectivity index (χ2v) is 4.64. The molecule has 0 aliphatic heterocycles. The molecule has 3 aromatic carbocycles. The van der Waals surface area contributed by atoms with Crippen LogP contribution in [0, 0.1) is 11.3 Å². The number of ether oxygens (including phenoxy) is 1. The molecule has 0 radical (unpaired) electrons. The Morgan fingerprint density at radius 2 is 1.57 bits per heavy atom. The van der Waals surface area contributed by atoms with Crippen molar-refractivity contribution in [3.8, 4) is 17.6 Å². The van der Waals surface area contributed by atoms with E-state index in [2.05, 4.69) is 6.07 Å². The Morgan fingerprint density at radius 1 is 0.857 bits per heavy atom. The van der Waals surface area contributed by atoms with Gasteiger partial charge in [-0.2, -0.15) is 5.26 Å². The van der Waals surface area contributed by atoms with Gasteiger partial charge in [0.15, 0.2) is 0 Å². The summed E-state index contributed by atoms with van der Waals surface area (Å²) in [6, 6.07) is 20.7. The fraction of sp³-hybridized carbons (Fsp3) is 0.0556. The average Bonchev–Trinajstić information content (AvgIpc) is 2.55. The molecular formula is C18H13NO2. The number of aliphatic hydroxyl groups is 1. The molecule has 0 bridgehead atoms. The number of benzene rings is 3. The molecule has 0 aliphatic carbocycles. The minimum absolute atomic E-state index is 0.0790. The van der Waals surface area contributed by atoms with E-state index >= 15 is 0 Å². The van der Waals surface area contributed by atoms with E-state index in [1.54, 1.807) is 12.1 Å². The average molecular weight is 275 g/mol. The number of aliphatic hydroxyl groups excluding tert-OH is 1. The zero-order valence-electron chi connectivity index (χ0n) is 11.3. The second kappa shape index (κ2) is 5.66. The lowest BCUT2D eigenvalue weighted by atomic mass is 10.0. The first kappa shape index (κ1) is 13.2. The molecule has 0 saturated heterocycles. The van der Waals surface area contributed by atoms with Crippen molar-refractivity contribution in [1.82, 2.24) is 0 Å². The van der Waals surface area contributed by atoms with Crippen molar-refractivity contribution >= 4 is 10.8 Å². The molecule has 3 rings (SSSR count). The number of fused-ring (bicyclic) bond motifs is 1. The van der Waals surface area contributed by atoms with Crippen molar-refractivity contribution in [1.29, 1.82) is 5.26 Å². The molecule has 0 unspecified atom stereocenters. The topological polar surface area (TPSA) is 53.2 Å². The number of nitriles is 1. The lowest BCUT2D eigenvalue weighted by molar-refractivity contribution is 0.276. The fourth-order valence-electron chi connectivity index (χ4n) is 2.31. The van der Waals surface area contributed by atoms with E-state index in [0.717, 1.165) is 16.3 Å². The third-order valence-corrected chi connectivity index (χ3v) is 3.37. The fourth-order valence-corrected chi connectivity index (χ4v) is 2.31. The zero-order valence-corrected chi connectivity index (χ0v) is 11.3. The van der Waals surface area contributed by atoms with Crippen molar-refractivity contribution in [3.05, 3.63) is 71.8 Å². The highest BCUT2D eigenvalue weighted by Gasteiger charge is 2.09. The molecule has 3 heteroatoms. The predicted molar refractivity (Wildman–Crippen MR) is 81.1 cm³/mol. The summed E-state index contributed by atoms with van der Waals surface area (Å²) in [4.78, 5) is 0. The summed E-state index contributed by atoms with van der Waals surface area (Å²) in [7, 11) is 0. The summed E-state index contributed by atoms with van der Waals surface area (Å²) in [6.45, 7) is -0.0790. The molecule has 0 atom stereocenters. The molecule has 3 aromatic rings. The molecule has 0 aromatic heterocycles. The van der Waals surface area contributed by atoms with Gasteiger partial charge in [-0.25, -0.2) is 0 Å². The third kappa shape index (κ3) is 2.45. The molecule has 3 nitrogen and oxygen atoms in total. The highest BCUT2D eigenvalue weighted by atomic mass is 16.5. The smallest absolute Gasteiger partial charge is 0.135 e. The Kier molecular flexibility index (Phi) is 3.55. The van der Waals surface area contributed by atoms with Gasteiger partial charge >= 0.3 is 0 Å². The quantitative estimate of drug-likeness (QED) is 0.786. The van der Waals surface area contributed by atoms with Crippen LogP contribution in [-0.4, -0.2) is 5.11 Å². The van der Waals surface area contributed by atoms with Gasteiger partial charge in [0.05, 0.1) is 18.2 Å². The Labute approximate surface area is 122 Å². The SMILES string of the molecule is N#Cc1ccc(Oc2ccccc2CO)c2ccccc12. The van der Waals surface area contributed by atoms with Crippen LogP contribution < -0.4 is 4.74 Å². The number of hydrogen-bond donors (Lipinski definition) is 1. The van der Waals surface area contributed by atoms with Crippen LogP contribution in [0.3, 0.4) is 0 Å². The van der Waals surface area contributed by atoms with E-state index in [-0.39, 0.29) is 6.61 Å². The molecule has 21 heavy (non-hydrogen) atoms. The number of para-hydroxylation sites is 1. The lowest BCUT2D eigenvalue weighted by Gasteiger charge is -2.12. The first-order chi connectivity index (χ1) is 10.3. The molecule has 0 aliphatic rings. The standard InChI is InChI=1S/C18H13NO2/c19-11-13-9-10-18(16-7-3-2-6-15(13)16)21-17-8-4-1-5-14(17)12-20/h1-10,20H,12H2. The molecule has 1 N–H and O–H groups in total. The summed E-state index contributed by atoms with van der Waals surface area (Å²) in [6.07, 6.45) is 0. The van der Waals surface area contributed by atoms with Crippen LogP contribution in [0.2, 0.25) is 0 Å². The van der Waals surface area contributed by atoms with E-state index in [1.165, 1.54) is 0 Å². The van der Waals surface area contributed by atoms with Gasteiger partial charge in [0, 0.05) is 16.3 Å². The van der Waals surface area contributed by atoms with E-state index in [0.29, 0.717) is 17.1 Å². The maximum absolute atomic E-state index is 9.37. The zero-order chi connectivity index (χ0) is 14.7. The van der Waals surface area contributed by atoms with Gasteiger partial charge in [-0.1, -0.05) is 42.5 Å². The lowest BCUT2D eigenvalue weighted by Crippen LogP contribution is -1.92. The second-order valence-electron chi connectivity index (χ2n) is 4.64. The van der Waals surface area contributed by atoms with E-state index in [9.17, 15) is 10.4 Å². The van der Waals surface area contributed by atoms with Crippen LogP contribution in [0.15, 0.2) is 60.7 Å². The van der Waals surface area contributed by atoms with Gasteiger partial charge in [-0.15, -0.1) is 0 Å². The van der Waals surface area contributed by atoms with E-state index in [4.69, 9.17) is 4.74 Å². The summed E-state index contributed by atoms with van der Waals surface area (Å²) in [5.74, 6) is 1.29. The molecule has 102 valence electrons. The number of rotatable bonds is 3. The Morgan fingerprint density at radius 3 is 2.33 bits per heavy atom. The Bertz CT molecular complexity index is 834. The largest absolute Gasteiger partial charge is 0.456 e. The molecule has 0 amide bonds. The summed E-state index contributed by atoms with van der Waals surface area (Å²) in [5.41, 5.74) is 1.35. The van der Waals surface area contributed by atoms with E-state index < -0.39 is 0 Å².